The normalized spacial score (nSPS) is 21.6. The highest BCUT2D eigenvalue weighted by molar-refractivity contribution is 5.94. The lowest BCUT2D eigenvalue weighted by Crippen LogP contribution is -2.65. The first-order valence-corrected chi connectivity index (χ1v) is 22.2. The summed E-state index contributed by atoms with van der Waals surface area (Å²) >= 11 is 0. The van der Waals surface area contributed by atoms with E-state index in [1.807, 2.05) is 58.0 Å². The number of ether oxygens (including phenoxy) is 4. The lowest BCUT2D eigenvalue weighted by molar-refractivity contribution is -0.149. The molecule has 15 heteroatoms. The zero-order valence-corrected chi connectivity index (χ0v) is 39.5. The Labute approximate surface area is 369 Å². The standard InChI is InChI=1S/C47H75N5O10/c1-14-31(4)39(50(10)42(55)38(30(2)3)49-44(57)47(9)26-18-19-28-52(47)45(58)62-46(6,7)8)36(59-11)29-37(53)51-27-20-23-35(51)40(60-12)32(5)41(54)48-34(43(56)61-13)25-24-33-21-16-15-17-22-33/h15-17,21-22,24-25,30-32,34-36,38-40H,14,18-20,23,26-29H2,1-13H3,(H,48,54)(H,49,57)/b25-24+/t31-,32?,34?,35-,36?,38-,39?,40?,47?/m0/s1. The van der Waals surface area contributed by atoms with Gasteiger partial charge in [-0.2, -0.15) is 0 Å². The number of piperidine rings is 1. The van der Waals surface area contributed by atoms with Gasteiger partial charge in [0.05, 0.1) is 43.7 Å². The molecule has 0 aliphatic carbocycles. The van der Waals surface area contributed by atoms with Gasteiger partial charge < -0.3 is 39.4 Å². The molecule has 1 aromatic rings. The van der Waals surface area contributed by atoms with Crippen LogP contribution in [0.25, 0.3) is 6.08 Å². The summed E-state index contributed by atoms with van der Waals surface area (Å²) in [6.07, 6.45) is 5.14. The molecular formula is C47H75N5O10. The molecule has 0 saturated carbocycles. The van der Waals surface area contributed by atoms with Crippen LogP contribution in [0.1, 0.15) is 113 Å². The number of amides is 5. The largest absolute Gasteiger partial charge is 0.467 e. The summed E-state index contributed by atoms with van der Waals surface area (Å²) < 4.78 is 22.6. The molecule has 2 saturated heterocycles. The molecule has 2 N–H and O–H groups in total. The summed E-state index contributed by atoms with van der Waals surface area (Å²) in [5.41, 5.74) is -1.12. The van der Waals surface area contributed by atoms with E-state index in [1.165, 1.54) is 26.2 Å². The molecule has 9 atom stereocenters. The molecule has 0 aromatic heterocycles. The Morgan fingerprint density at radius 1 is 0.935 bits per heavy atom. The maximum atomic E-state index is 14.6. The van der Waals surface area contributed by atoms with E-state index in [-0.39, 0.29) is 30.1 Å². The second kappa shape index (κ2) is 23.3. The number of carbonyl (C=O) groups excluding carboxylic acids is 6. The van der Waals surface area contributed by atoms with Crippen molar-refractivity contribution in [2.75, 3.05) is 41.5 Å². The van der Waals surface area contributed by atoms with Crippen LogP contribution in [0.2, 0.25) is 0 Å². The first-order chi connectivity index (χ1) is 29.1. The van der Waals surface area contributed by atoms with Crippen LogP contribution in [-0.4, -0.2) is 139 Å². The molecule has 0 spiro atoms. The van der Waals surface area contributed by atoms with E-state index in [1.54, 1.807) is 63.6 Å². The van der Waals surface area contributed by atoms with Crippen LogP contribution < -0.4 is 10.6 Å². The van der Waals surface area contributed by atoms with E-state index in [9.17, 15) is 28.8 Å². The molecule has 348 valence electrons. The Balaban J connectivity index is 1.81. The van der Waals surface area contributed by atoms with Gasteiger partial charge in [-0.1, -0.05) is 83.5 Å². The fraction of sp³-hybridized carbons (Fsp3) is 0.702. The number of benzene rings is 1. The summed E-state index contributed by atoms with van der Waals surface area (Å²) in [5, 5.41) is 5.81. The first-order valence-electron chi connectivity index (χ1n) is 22.2. The molecule has 2 aliphatic heterocycles. The second-order valence-corrected chi connectivity index (χ2v) is 18.4. The Morgan fingerprint density at radius 3 is 2.16 bits per heavy atom. The summed E-state index contributed by atoms with van der Waals surface area (Å²) in [6.45, 7) is 17.3. The highest BCUT2D eigenvalue weighted by Gasteiger charge is 2.48. The quantitative estimate of drug-likeness (QED) is 0.167. The molecule has 2 heterocycles. The third-order valence-electron chi connectivity index (χ3n) is 12.5. The summed E-state index contributed by atoms with van der Waals surface area (Å²) in [6, 6.07) is 6.41. The SMILES string of the molecule is CC[C@H](C)C(C(CC(=O)N1CCC[C@H]1C(OC)C(C)C(=O)NC(/C=C/c1ccccc1)C(=O)OC)OC)N(C)C(=O)[C@@H](NC(=O)C1(C)CCCCN1C(=O)OC(C)(C)C)C(C)C. The highest BCUT2D eigenvalue weighted by Crippen LogP contribution is 2.32. The zero-order chi connectivity index (χ0) is 46.5. The second-order valence-electron chi connectivity index (χ2n) is 18.4. The topological polar surface area (TPSA) is 173 Å². The van der Waals surface area contributed by atoms with Gasteiger partial charge in [0.2, 0.25) is 23.6 Å². The number of likely N-dealkylation sites (N-methyl/N-ethyl adjacent to an activating group) is 1. The lowest BCUT2D eigenvalue weighted by Gasteiger charge is -2.45. The fourth-order valence-corrected chi connectivity index (χ4v) is 8.67. The van der Waals surface area contributed by atoms with Gasteiger partial charge >= 0.3 is 12.1 Å². The van der Waals surface area contributed by atoms with Gasteiger partial charge in [-0.15, -0.1) is 0 Å². The third kappa shape index (κ3) is 13.3. The molecule has 62 heavy (non-hydrogen) atoms. The van der Waals surface area contributed by atoms with E-state index < -0.39 is 77.3 Å². The Bertz CT molecular complexity index is 1700. The van der Waals surface area contributed by atoms with Crippen molar-refractivity contribution in [2.45, 2.75) is 155 Å². The van der Waals surface area contributed by atoms with Crippen molar-refractivity contribution in [1.82, 2.24) is 25.3 Å². The van der Waals surface area contributed by atoms with E-state index in [0.29, 0.717) is 38.8 Å². The Hall–Kier alpha value is -4.50. The third-order valence-corrected chi connectivity index (χ3v) is 12.5. The molecule has 2 fully saturated rings. The number of hydrogen-bond donors (Lipinski definition) is 2. The molecule has 0 radical (unpaired) electrons. The average Bonchev–Trinajstić information content (AvgIpc) is 3.72. The molecule has 1 aromatic carbocycles. The van der Waals surface area contributed by atoms with Crippen LogP contribution in [0.4, 0.5) is 4.79 Å². The van der Waals surface area contributed by atoms with Crippen molar-refractivity contribution in [1.29, 1.82) is 0 Å². The maximum Gasteiger partial charge on any atom is 0.411 e. The van der Waals surface area contributed by atoms with Crippen LogP contribution >= 0.6 is 0 Å². The van der Waals surface area contributed by atoms with E-state index >= 15 is 0 Å². The number of carbonyl (C=O) groups is 6. The highest BCUT2D eigenvalue weighted by atomic mass is 16.6. The van der Waals surface area contributed by atoms with Gasteiger partial charge in [0.25, 0.3) is 0 Å². The first kappa shape index (κ1) is 51.8. The lowest BCUT2D eigenvalue weighted by atomic mass is 9.86. The molecule has 15 nitrogen and oxygen atoms in total. The predicted octanol–water partition coefficient (Wildman–Crippen LogP) is 5.60. The molecule has 2 aliphatic rings. The summed E-state index contributed by atoms with van der Waals surface area (Å²) in [7, 11) is 5.98. The van der Waals surface area contributed by atoms with E-state index in [4.69, 9.17) is 18.9 Å². The van der Waals surface area contributed by atoms with Gasteiger partial charge in [0, 0.05) is 34.4 Å². The predicted molar refractivity (Wildman–Crippen MR) is 238 cm³/mol. The minimum Gasteiger partial charge on any atom is -0.467 e. The van der Waals surface area contributed by atoms with Crippen LogP contribution in [0.15, 0.2) is 36.4 Å². The maximum absolute atomic E-state index is 14.6. The molecule has 0 bridgehead atoms. The van der Waals surface area contributed by atoms with Gasteiger partial charge in [-0.3, -0.25) is 24.1 Å². The Kier molecular flexibility index (Phi) is 19.5. The minimum atomic E-state index is -1.23. The number of hydrogen-bond acceptors (Lipinski definition) is 10. The smallest absolute Gasteiger partial charge is 0.411 e. The van der Waals surface area contributed by atoms with Crippen LogP contribution in [0.3, 0.4) is 0 Å². The minimum absolute atomic E-state index is 0.0487. The molecular weight excluding hydrogens is 795 g/mol. The number of nitrogens with one attached hydrogen (secondary N) is 2. The monoisotopic (exact) mass is 870 g/mol. The van der Waals surface area contributed by atoms with Crippen molar-refractivity contribution < 1.29 is 47.7 Å². The van der Waals surface area contributed by atoms with Crippen LogP contribution in [0, 0.1) is 17.8 Å². The van der Waals surface area contributed by atoms with Gasteiger partial charge in [0.1, 0.15) is 23.2 Å². The molecule has 5 amide bonds. The van der Waals surface area contributed by atoms with E-state index in [0.717, 1.165) is 18.4 Å². The number of methoxy groups -OCH3 is 3. The number of rotatable bonds is 19. The van der Waals surface area contributed by atoms with Crippen molar-refractivity contribution in [2.24, 2.45) is 17.8 Å². The van der Waals surface area contributed by atoms with Crippen LogP contribution in [0.5, 0.6) is 0 Å². The van der Waals surface area contributed by atoms with Gasteiger partial charge in [0.15, 0.2) is 0 Å². The van der Waals surface area contributed by atoms with Crippen molar-refractivity contribution in [3.63, 3.8) is 0 Å². The summed E-state index contributed by atoms with van der Waals surface area (Å²) in [4.78, 5) is 87.7. The van der Waals surface area contributed by atoms with Gasteiger partial charge in [-0.05, 0) is 77.2 Å². The Morgan fingerprint density at radius 2 is 1.60 bits per heavy atom. The fourth-order valence-electron chi connectivity index (χ4n) is 8.67. The van der Waals surface area contributed by atoms with Crippen LogP contribution in [-0.2, 0) is 42.9 Å². The van der Waals surface area contributed by atoms with Crippen molar-refractivity contribution in [3.8, 4) is 0 Å². The average molecular weight is 870 g/mol. The van der Waals surface area contributed by atoms with E-state index in [2.05, 4.69) is 10.6 Å². The molecule has 3 rings (SSSR count). The van der Waals surface area contributed by atoms with Crippen molar-refractivity contribution >= 4 is 41.8 Å². The van der Waals surface area contributed by atoms with Gasteiger partial charge in [-0.25, -0.2) is 9.59 Å². The molecule has 6 unspecified atom stereocenters. The summed E-state index contributed by atoms with van der Waals surface area (Å²) in [5.74, 6) is -3.19. The van der Waals surface area contributed by atoms with Crippen molar-refractivity contribution in [3.05, 3.63) is 42.0 Å². The zero-order valence-electron chi connectivity index (χ0n) is 39.5. The number of esters is 1. The number of likely N-dealkylation sites (tertiary alicyclic amines) is 2. The number of nitrogens with zero attached hydrogens (tertiary/aromatic N) is 3.